The minimum Gasteiger partial charge on any atom is -0.477 e. The standard InChI is InChI=1S/C25H25FN6O3/c26-18-11-16-21(32(15-5-6-15)13-17(23(16)33)24(34)35)12-22(18)31-9-7-30(8-10-31)14-27-25-28-19-3-1-2-4-20(19)29-25/h1-4,11-13,15H,5-10,14H2,(H,34,35)(H2,27,28,29). The molecule has 0 spiro atoms. The maximum atomic E-state index is 15.2. The third kappa shape index (κ3) is 3.99. The van der Waals surface area contributed by atoms with Crippen LogP contribution in [0, 0.1) is 5.82 Å². The number of aromatic nitrogens is 3. The van der Waals surface area contributed by atoms with Crippen LogP contribution < -0.4 is 15.6 Å². The molecule has 0 radical (unpaired) electrons. The van der Waals surface area contributed by atoms with Gasteiger partial charge in [-0.1, -0.05) is 12.1 Å². The largest absolute Gasteiger partial charge is 0.477 e. The van der Waals surface area contributed by atoms with Crippen LogP contribution in [0.4, 0.5) is 16.0 Å². The molecule has 1 saturated heterocycles. The zero-order valence-corrected chi connectivity index (χ0v) is 19.0. The van der Waals surface area contributed by atoms with Crippen LogP contribution in [0.5, 0.6) is 0 Å². The first-order chi connectivity index (χ1) is 17.0. The first kappa shape index (κ1) is 21.6. The molecule has 2 aliphatic rings. The predicted octanol–water partition coefficient (Wildman–Crippen LogP) is 3.24. The summed E-state index contributed by atoms with van der Waals surface area (Å²) in [7, 11) is 0. The van der Waals surface area contributed by atoms with E-state index < -0.39 is 17.2 Å². The Morgan fingerprint density at radius 3 is 2.66 bits per heavy atom. The minimum atomic E-state index is -1.29. The predicted molar refractivity (Wildman–Crippen MR) is 132 cm³/mol. The number of aromatic carboxylic acids is 1. The number of carbonyl (C=O) groups is 1. The molecule has 1 saturated carbocycles. The lowest BCUT2D eigenvalue weighted by Gasteiger charge is -2.36. The highest BCUT2D eigenvalue weighted by molar-refractivity contribution is 5.93. The van der Waals surface area contributed by atoms with Crippen molar-refractivity contribution in [3.63, 3.8) is 0 Å². The van der Waals surface area contributed by atoms with Gasteiger partial charge < -0.3 is 24.9 Å². The summed E-state index contributed by atoms with van der Waals surface area (Å²) in [5, 5.41) is 12.9. The zero-order chi connectivity index (χ0) is 24.1. The number of nitrogens with one attached hydrogen (secondary N) is 2. The van der Waals surface area contributed by atoms with Crippen LogP contribution in [0.2, 0.25) is 0 Å². The van der Waals surface area contributed by atoms with E-state index in [0.29, 0.717) is 36.9 Å². The van der Waals surface area contributed by atoms with E-state index in [1.165, 1.54) is 12.3 Å². The second-order valence-corrected chi connectivity index (χ2v) is 9.18. The molecule has 0 atom stereocenters. The van der Waals surface area contributed by atoms with Crippen LogP contribution in [-0.2, 0) is 0 Å². The third-order valence-electron chi connectivity index (χ3n) is 6.84. The summed E-state index contributed by atoms with van der Waals surface area (Å²) < 4.78 is 17.0. The number of halogens is 1. The zero-order valence-electron chi connectivity index (χ0n) is 19.0. The number of fused-ring (bicyclic) bond motifs is 2. The van der Waals surface area contributed by atoms with Crippen LogP contribution in [-0.4, -0.2) is 63.4 Å². The number of imidazole rings is 1. The molecule has 1 aliphatic carbocycles. The summed E-state index contributed by atoms with van der Waals surface area (Å²) >= 11 is 0. The Bertz CT molecular complexity index is 1470. The number of hydrogen-bond acceptors (Lipinski definition) is 6. The van der Waals surface area contributed by atoms with Gasteiger partial charge in [-0.3, -0.25) is 9.69 Å². The number of piperazine rings is 1. The van der Waals surface area contributed by atoms with Gasteiger partial charge in [0.25, 0.3) is 0 Å². The molecule has 4 aromatic rings. The average Bonchev–Trinajstić information content (AvgIpc) is 3.61. The number of aromatic amines is 1. The van der Waals surface area contributed by atoms with Crippen molar-refractivity contribution in [1.82, 2.24) is 19.4 Å². The van der Waals surface area contributed by atoms with E-state index in [4.69, 9.17) is 0 Å². The van der Waals surface area contributed by atoms with Crippen molar-refractivity contribution in [1.29, 1.82) is 0 Å². The van der Waals surface area contributed by atoms with Crippen molar-refractivity contribution >= 4 is 39.5 Å². The van der Waals surface area contributed by atoms with E-state index in [1.807, 2.05) is 33.7 Å². The maximum absolute atomic E-state index is 15.2. The summed E-state index contributed by atoms with van der Waals surface area (Å²) in [5.74, 6) is -1.08. The Morgan fingerprint density at radius 1 is 1.17 bits per heavy atom. The van der Waals surface area contributed by atoms with Crippen LogP contribution in [0.1, 0.15) is 29.2 Å². The molecular formula is C25H25FN6O3. The van der Waals surface area contributed by atoms with Gasteiger partial charge in [0.15, 0.2) is 0 Å². The number of pyridine rings is 1. The SMILES string of the molecule is O=C(O)c1cn(C2CC2)c2cc(N3CCN(CNc4nc5ccccc5[nH]4)CC3)c(F)cc2c1=O. The van der Waals surface area contributed by atoms with Gasteiger partial charge in [0.1, 0.15) is 11.4 Å². The second-order valence-electron chi connectivity index (χ2n) is 9.18. The van der Waals surface area contributed by atoms with E-state index in [9.17, 15) is 14.7 Å². The lowest BCUT2D eigenvalue weighted by atomic mass is 10.1. The number of para-hydroxylation sites is 2. The van der Waals surface area contributed by atoms with E-state index in [2.05, 4.69) is 20.2 Å². The van der Waals surface area contributed by atoms with Gasteiger partial charge in [-0.2, -0.15) is 0 Å². The number of carboxylic acid groups (broad SMARTS) is 1. The van der Waals surface area contributed by atoms with Gasteiger partial charge in [-0.25, -0.2) is 14.2 Å². The molecule has 0 bridgehead atoms. The normalized spacial score (nSPS) is 16.8. The first-order valence-electron chi connectivity index (χ1n) is 11.8. The highest BCUT2D eigenvalue weighted by Crippen LogP contribution is 2.38. The van der Waals surface area contributed by atoms with Crippen LogP contribution >= 0.6 is 0 Å². The molecule has 3 N–H and O–H groups in total. The van der Waals surface area contributed by atoms with E-state index in [0.717, 1.165) is 37.0 Å². The molecule has 0 unspecified atom stereocenters. The molecule has 10 heteroatoms. The molecule has 1 aliphatic heterocycles. The van der Waals surface area contributed by atoms with Crippen LogP contribution in [0.25, 0.3) is 21.9 Å². The van der Waals surface area contributed by atoms with Gasteiger partial charge in [0, 0.05) is 43.8 Å². The van der Waals surface area contributed by atoms with Crippen molar-refractivity contribution in [3.8, 4) is 0 Å². The van der Waals surface area contributed by atoms with E-state index >= 15 is 4.39 Å². The maximum Gasteiger partial charge on any atom is 0.341 e. The van der Waals surface area contributed by atoms with Crippen LogP contribution in [0.3, 0.4) is 0 Å². The molecule has 35 heavy (non-hydrogen) atoms. The number of anilines is 2. The van der Waals surface area contributed by atoms with E-state index in [-0.39, 0.29) is 17.0 Å². The van der Waals surface area contributed by atoms with Gasteiger partial charge in [-0.15, -0.1) is 0 Å². The fourth-order valence-corrected chi connectivity index (χ4v) is 4.78. The summed E-state index contributed by atoms with van der Waals surface area (Å²) in [6.07, 6.45) is 3.25. The molecule has 2 fully saturated rings. The molecule has 3 heterocycles. The Kier molecular flexibility index (Phi) is 5.18. The third-order valence-corrected chi connectivity index (χ3v) is 6.84. The van der Waals surface area contributed by atoms with Gasteiger partial charge in [0.05, 0.1) is 28.9 Å². The molecule has 2 aromatic carbocycles. The van der Waals surface area contributed by atoms with Gasteiger partial charge in [-0.05, 0) is 37.1 Å². The monoisotopic (exact) mass is 476 g/mol. The highest BCUT2D eigenvalue weighted by Gasteiger charge is 2.28. The van der Waals surface area contributed by atoms with Gasteiger partial charge >= 0.3 is 5.97 Å². The second kappa shape index (κ2) is 8.38. The fourth-order valence-electron chi connectivity index (χ4n) is 4.78. The number of hydrogen-bond donors (Lipinski definition) is 3. The quantitative estimate of drug-likeness (QED) is 0.392. The summed E-state index contributed by atoms with van der Waals surface area (Å²) in [4.78, 5) is 36.3. The van der Waals surface area contributed by atoms with Gasteiger partial charge in [0.2, 0.25) is 11.4 Å². The summed E-state index contributed by atoms with van der Waals surface area (Å²) in [6, 6.07) is 10.9. The lowest BCUT2D eigenvalue weighted by Crippen LogP contribution is -2.48. The minimum absolute atomic E-state index is 0.117. The Hall–Kier alpha value is -3.92. The fraction of sp³-hybridized carbons (Fsp3) is 0.320. The van der Waals surface area contributed by atoms with Crippen LogP contribution in [0.15, 0.2) is 47.4 Å². The molecule has 9 nitrogen and oxygen atoms in total. The topological polar surface area (TPSA) is 106 Å². The number of nitrogens with zero attached hydrogens (tertiary/aromatic N) is 4. The number of benzene rings is 2. The number of rotatable bonds is 6. The molecular weight excluding hydrogens is 451 g/mol. The summed E-state index contributed by atoms with van der Waals surface area (Å²) in [5.41, 5.74) is 1.96. The van der Waals surface area contributed by atoms with E-state index in [1.54, 1.807) is 6.07 Å². The molecule has 2 aromatic heterocycles. The highest BCUT2D eigenvalue weighted by atomic mass is 19.1. The Morgan fingerprint density at radius 2 is 1.94 bits per heavy atom. The Labute approximate surface area is 199 Å². The van der Waals surface area contributed by atoms with Crippen molar-refractivity contribution in [3.05, 3.63) is 64.2 Å². The molecule has 180 valence electrons. The summed E-state index contributed by atoms with van der Waals surface area (Å²) in [6.45, 7) is 3.35. The smallest absolute Gasteiger partial charge is 0.341 e. The average molecular weight is 477 g/mol. The van der Waals surface area contributed by atoms with Crippen molar-refractivity contribution in [2.24, 2.45) is 0 Å². The molecule has 6 rings (SSSR count). The Balaban J connectivity index is 1.19. The lowest BCUT2D eigenvalue weighted by molar-refractivity contribution is 0.0695. The number of carboxylic acids is 1. The van der Waals surface area contributed by atoms with Crippen molar-refractivity contribution in [2.45, 2.75) is 18.9 Å². The first-order valence-corrected chi connectivity index (χ1v) is 11.8. The van der Waals surface area contributed by atoms with Crippen molar-refractivity contribution < 1.29 is 14.3 Å². The number of H-pyrrole nitrogens is 1. The molecule has 0 amide bonds. The van der Waals surface area contributed by atoms with Crippen molar-refractivity contribution in [2.75, 3.05) is 43.1 Å².